The molecule has 78 valence electrons. The molecule has 0 spiro atoms. The minimum Gasteiger partial charge on any atom is -0.391 e. The van der Waals surface area contributed by atoms with Crippen molar-refractivity contribution in [3.63, 3.8) is 0 Å². The molecular weight excluding hydrogens is 194 g/mol. The van der Waals surface area contributed by atoms with Crippen LogP contribution >= 0.6 is 11.3 Å². The summed E-state index contributed by atoms with van der Waals surface area (Å²) in [4.78, 5) is 5.40. The smallest absolute Gasteiger partial charge is 0.0959 e. The molecule has 0 aliphatic heterocycles. The van der Waals surface area contributed by atoms with Crippen molar-refractivity contribution in [2.24, 2.45) is 5.92 Å². The average molecular weight is 211 g/mol. The topological polar surface area (TPSA) is 33.1 Å². The second-order valence-corrected chi connectivity index (χ2v) is 5.44. The van der Waals surface area contributed by atoms with Crippen molar-refractivity contribution in [2.75, 3.05) is 0 Å². The van der Waals surface area contributed by atoms with E-state index in [1.54, 1.807) is 11.3 Å². The second kappa shape index (κ2) is 4.41. The molecule has 0 bridgehead atoms. The molecule has 2 nitrogen and oxygen atoms in total. The van der Waals surface area contributed by atoms with Gasteiger partial charge in [0, 0.05) is 12.1 Å². The van der Waals surface area contributed by atoms with Gasteiger partial charge in [-0.3, -0.25) is 0 Å². The van der Waals surface area contributed by atoms with Gasteiger partial charge >= 0.3 is 0 Å². The standard InChI is InChI=1S/C11H17NOS/c1-8-3-2-4-9(5-8)11-12-6-10(7-13)14-11/h6,8-9,13H,2-5,7H2,1H3. The summed E-state index contributed by atoms with van der Waals surface area (Å²) < 4.78 is 0. The van der Waals surface area contributed by atoms with Crippen LogP contribution in [0.2, 0.25) is 0 Å². The van der Waals surface area contributed by atoms with Crippen molar-refractivity contribution < 1.29 is 5.11 Å². The lowest BCUT2D eigenvalue weighted by atomic mass is 9.83. The van der Waals surface area contributed by atoms with Gasteiger partial charge in [0.05, 0.1) is 16.5 Å². The van der Waals surface area contributed by atoms with Crippen molar-refractivity contribution in [3.8, 4) is 0 Å². The summed E-state index contributed by atoms with van der Waals surface area (Å²) in [5, 5.41) is 10.2. The van der Waals surface area contributed by atoms with Gasteiger partial charge in [-0.15, -0.1) is 11.3 Å². The summed E-state index contributed by atoms with van der Waals surface area (Å²) >= 11 is 1.68. The zero-order chi connectivity index (χ0) is 9.97. The third-order valence-electron chi connectivity index (χ3n) is 3.01. The van der Waals surface area contributed by atoms with Crippen LogP contribution in [-0.2, 0) is 6.61 Å². The van der Waals surface area contributed by atoms with E-state index in [1.165, 1.54) is 30.7 Å². The summed E-state index contributed by atoms with van der Waals surface area (Å²) in [7, 11) is 0. The van der Waals surface area contributed by atoms with E-state index in [0.29, 0.717) is 5.92 Å². The Balaban J connectivity index is 2.06. The van der Waals surface area contributed by atoms with Gasteiger partial charge in [0.25, 0.3) is 0 Å². The highest BCUT2D eigenvalue weighted by Crippen LogP contribution is 2.37. The Morgan fingerprint density at radius 3 is 3.07 bits per heavy atom. The van der Waals surface area contributed by atoms with Crippen molar-refractivity contribution in [1.82, 2.24) is 4.98 Å². The Hall–Kier alpha value is -0.410. The molecule has 1 aliphatic carbocycles. The van der Waals surface area contributed by atoms with Gasteiger partial charge in [-0.05, 0) is 18.8 Å². The summed E-state index contributed by atoms with van der Waals surface area (Å²) in [6, 6.07) is 0. The molecule has 1 fully saturated rings. The highest BCUT2D eigenvalue weighted by molar-refractivity contribution is 7.11. The van der Waals surface area contributed by atoms with Gasteiger partial charge in [0.1, 0.15) is 0 Å². The molecule has 1 heterocycles. The van der Waals surface area contributed by atoms with Crippen LogP contribution in [0, 0.1) is 5.92 Å². The molecule has 2 unspecified atom stereocenters. The molecule has 2 rings (SSSR count). The zero-order valence-electron chi connectivity index (χ0n) is 8.57. The first-order valence-electron chi connectivity index (χ1n) is 5.35. The van der Waals surface area contributed by atoms with Crippen molar-refractivity contribution in [2.45, 2.75) is 45.1 Å². The number of aliphatic hydroxyl groups is 1. The van der Waals surface area contributed by atoms with Crippen LogP contribution in [0.25, 0.3) is 0 Å². The number of nitrogens with zero attached hydrogens (tertiary/aromatic N) is 1. The Labute approximate surface area is 89.0 Å². The third kappa shape index (κ3) is 2.15. The number of rotatable bonds is 2. The molecule has 1 aromatic rings. The Bertz CT molecular complexity index is 297. The van der Waals surface area contributed by atoms with Crippen LogP contribution in [0.5, 0.6) is 0 Å². The number of thiazole rings is 1. The lowest BCUT2D eigenvalue weighted by Crippen LogP contribution is -2.11. The van der Waals surface area contributed by atoms with Gasteiger partial charge < -0.3 is 5.11 Å². The van der Waals surface area contributed by atoms with Gasteiger partial charge in [0.15, 0.2) is 0 Å². The lowest BCUT2D eigenvalue weighted by molar-refractivity contribution is 0.285. The SMILES string of the molecule is CC1CCCC(c2ncc(CO)s2)C1. The molecule has 1 N–H and O–H groups in total. The van der Waals surface area contributed by atoms with Crippen LogP contribution in [0.4, 0.5) is 0 Å². The fourth-order valence-electron chi connectivity index (χ4n) is 2.24. The van der Waals surface area contributed by atoms with E-state index in [0.717, 1.165) is 10.8 Å². The van der Waals surface area contributed by atoms with Crippen LogP contribution in [0.1, 0.15) is 48.4 Å². The predicted molar refractivity (Wildman–Crippen MR) is 58.4 cm³/mol. The molecule has 3 heteroatoms. The first kappa shape index (κ1) is 10.1. The number of aliphatic hydroxyl groups excluding tert-OH is 1. The van der Waals surface area contributed by atoms with Crippen LogP contribution < -0.4 is 0 Å². The highest BCUT2D eigenvalue weighted by Gasteiger charge is 2.22. The van der Waals surface area contributed by atoms with Gasteiger partial charge in [-0.1, -0.05) is 19.8 Å². The zero-order valence-corrected chi connectivity index (χ0v) is 9.39. The predicted octanol–water partition coefficient (Wildman–Crippen LogP) is 2.93. The minimum absolute atomic E-state index is 0.139. The molecule has 1 aliphatic rings. The van der Waals surface area contributed by atoms with Crippen molar-refractivity contribution in [3.05, 3.63) is 16.1 Å². The molecular formula is C11H17NOS. The Kier molecular flexibility index (Phi) is 3.19. The monoisotopic (exact) mass is 211 g/mol. The van der Waals surface area contributed by atoms with E-state index in [2.05, 4.69) is 11.9 Å². The number of hydrogen-bond acceptors (Lipinski definition) is 3. The first-order chi connectivity index (χ1) is 6.79. The van der Waals surface area contributed by atoms with Gasteiger partial charge in [-0.25, -0.2) is 4.98 Å². The van der Waals surface area contributed by atoms with E-state index in [1.807, 2.05) is 6.20 Å². The van der Waals surface area contributed by atoms with Crippen LogP contribution in [0.15, 0.2) is 6.20 Å². The summed E-state index contributed by atoms with van der Waals surface area (Å²) in [6.07, 6.45) is 7.08. The molecule has 1 aromatic heterocycles. The summed E-state index contributed by atoms with van der Waals surface area (Å²) in [5.41, 5.74) is 0. The lowest BCUT2D eigenvalue weighted by Gasteiger charge is -2.24. The Morgan fingerprint density at radius 2 is 2.43 bits per heavy atom. The largest absolute Gasteiger partial charge is 0.391 e. The summed E-state index contributed by atoms with van der Waals surface area (Å²) in [6.45, 7) is 2.46. The van der Waals surface area contributed by atoms with E-state index in [9.17, 15) is 0 Å². The van der Waals surface area contributed by atoms with Crippen LogP contribution in [-0.4, -0.2) is 10.1 Å². The average Bonchev–Trinajstić information content (AvgIpc) is 2.66. The molecule has 0 radical (unpaired) electrons. The second-order valence-electron chi connectivity index (χ2n) is 4.29. The molecule has 0 aromatic carbocycles. The number of aromatic nitrogens is 1. The maximum Gasteiger partial charge on any atom is 0.0959 e. The van der Waals surface area contributed by atoms with Gasteiger partial charge in [-0.2, -0.15) is 0 Å². The van der Waals surface area contributed by atoms with E-state index >= 15 is 0 Å². The molecule has 2 atom stereocenters. The fraction of sp³-hybridized carbons (Fsp3) is 0.727. The minimum atomic E-state index is 0.139. The van der Waals surface area contributed by atoms with Crippen LogP contribution in [0.3, 0.4) is 0 Å². The quantitative estimate of drug-likeness (QED) is 0.816. The first-order valence-corrected chi connectivity index (χ1v) is 6.16. The fourth-order valence-corrected chi connectivity index (χ4v) is 3.17. The normalized spacial score (nSPS) is 27.9. The molecule has 14 heavy (non-hydrogen) atoms. The maximum absolute atomic E-state index is 8.97. The highest BCUT2D eigenvalue weighted by atomic mass is 32.1. The van der Waals surface area contributed by atoms with Crippen molar-refractivity contribution >= 4 is 11.3 Å². The Morgan fingerprint density at radius 1 is 1.57 bits per heavy atom. The molecule has 0 saturated heterocycles. The van der Waals surface area contributed by atoms with E-state index in [-0.39, 0.29) is 6.61 Å². The molecule has 0 amide bonds. The maximum atomic E-state index is 8.97. The molecule has 1 saturated carbocycles. The van der Waals surface area contributed by atoms with E-state index in [4.69, 9.17) is 5.11 Å². The third-order valence-corrected chi connectivity index (χ3v) is 4.16. The van der Waals surface area contributed by atoms with Gasteiger partial charge in [0.2, 0.25) is 0 Å². The van der Waals surface area contributed by atoms with Crippen molar-refractivity contribution in [1.29, 1.82) is 0 Å². The summed E-state index contributed by atoms with van der Waals surface area (Å²) in [5.74, 6) is 1.50. The van der Waals surface area contributed by atoms with E-state index < -0.39 is 0 Å². The number of hydrogen-bond donors (Lipinski definition) is 1.